The Morgan fingerprint density at radius 2 is 1.92 bits per heavy atom. The van der Waals surface area contributed by atoms with Crippen LogP contribution in [-0.4, -0.2) is 18.4 Å². The van der Waals surface area contributed by atoms with Gasteiger partial charge in [0.1, 0.15) is 5.92 Å². The van der Waals surface area contributed by atoms with Crippen molar-refractivity contribution in [3.8, 4) is 0 Å². The van der Waals surface area contributed by atoms with Gasteiger partial charge in [0, 0.05) is 18.8 Å². The highest BCUT2D eigenvalue weighted by Crippen LogP contribution is 2.29. The molecular formula is C20H22N2O2. The molecule has 1 saturated heterocycles. The normalized spacial score (nSPS) is 17.2. The van der Waals surface area contributed by atoms with E-state index in [-0.39, 0.29) is 11.8 Å². The molecule has 4 heteroatoms. The predicted octanol–water partition coefficient (Wildman–Crippen LogP) is 2.97. The first-order chi connectivity index (χ1) is 11.6. The Kier molecular flexibility index (Phi) is 4.65. The van der Waals surface area contributed by atoms with Crippen molar-refractivity contribution in [2.45, 2.75) is 26.8 Å². The fraction of sp³-hybridized carbons (Fsp3) is 0.300. The zero-order chi connectivity index (χ0) is 17.1. The first kappa shape index (κ1) is 16.2. The van der Waals surface area contributed by atoms with E-state index in [1.54, 1.807) is 4.90 Å². The Morgan fingerprint density at radius 1 is 1.17 bits per heavy atom. The van der Waals surface area contributed by atoms with Crippen LogP contribution < -0.4 is 10.2 Å². The van der Waals surface area contributed by atoms with Gasteiger partial charge in [-0.1, -0.05) is 42.5 Å². The number of nitrogens with one attached hydrogen (secondary N) is 1. The molecule has 1 aliphatic heterocycles. The van der Waals surface area contributed by atoms with Gasteiger partial charge in [-0.2, -0.15) is 0 Å². The minimum Gasteiger partial charge on any atom is -0.351 e. The lowest BCUT2D eigenvalue weighted by Gasteiger charge is -2.19. The van der Waals surface area contributed by atoms with Gasteiger partial charge in [0.25, 0.3) is 0 Å². The van der Waals surface area contributed by atoms with Crippen LogP contribution in [0.5, 0.6) is 0 Å². The monoisotopic (exact) mass is 322 g/mol. The van der Waals surface area contributed by atoms with Crippen LogP contribution in [0, 0.1) is 19.8 Å². The Bertz CT molecular complexity index is 755. The Morgan fingerprint density at radius 3 is 2.67 bits per heavy atom. The first-order valence-electron chi connectivity index (χ1n) is 8.26. The molecule has 0 aliphatic carbocycles. The molecule has 4 nitrogen and oxygen atoms in total. The van der Waals surface area contributed by atoms with E-state index in [0.717, 1.165) is 22.4 Å². The lowest BCUT2D eigenvalue weighted by Crippen LogP contribution is -2.36. The third kappa shape index (κ3) is 3.32. The molecule has 1 unspecified atom stereocenters. The zero-order valence-electron chi connectivity index (χ0n) is 14.1. The summed E-state index contributed by atoms with van der Waals surface area (Å²) in [5.74, 6) is -0.875. The summed E-state index contributed by atoms with van der Waals surface area (Å²) < 4.78 is 0. The van der Waals surface area contributed by atoms with Crippen LogP contribution in [-0.2, 0) is 16.1 Å². The summed E-state index contributed by atoms with van der Waals surface area (Å²) in [4.78, 5) is 26.8. The molecule has 1 aliphatic rings. The molecule has 0 aromatic heterocycles. The summed E-state index contributed by atoms with van der Waals surface area (Å²) in [6.45, 7) is 5.04. The topological polar surface area (TPSA) is 49.4 Å². The fourth-order valence-corrected chi connectivity index (χ4v) is 3.08. The molecule has 2 aromatic rings. The van der Waals surface area contributed by atoms with Gasteiger partial charge in [0.15, 0.2) is 0 Å². The molecule has 1 heterocycles. The van der Waals surface area contributed by atoms with Crippen LogP contribution in [0.2, 0.25) is 0 Å². The van der Waals surface area contributed by atoms with Crippen molar-refractivity contribution in [2.75, 3.05) is 11.4 Å². The smallest absolute Gasteiger partial charge is 0.239 e. The third-order valence-electron chi connectivity index (χ3n) is 4.49. The van der Waals surface area contributed by atoms with Crippen molar-refractivity contribution < 1.29 is 9.59 Å². The highest BCUT2D eigenvalue weighted by molar-refractivity contribution is 6.09. The highest BCUT2D eigenvalue weighted by Gasteiger charge is 2.37. The Hall–Kier alpha value is -2.62. The highest BCUT2D eigenvalue weighted by atomic mass is 16.2. The number of carbonyl (C=O) groups is 2. The van der Waals surface area contributed by atoms with Gasteiger partial charge in [-0.25, -0.2) is 0 Å². The minimum absolute atomic E-state index is 0.103. The quantitative estimate of drug-likeness (QED) is 0.880. The van der Waals surface area contributed by atoms with Crippen LogP contribution in [0.25, 0.3) is 0 Å². The molecule has 1 atom stereocenters. The second kappa shape index (κ2) is 6.87. The largest absolute Gasteiger partial charge is 0.351 e. The van der Waals surface area contributed by atoms with Crippen LogP contribution in [0.1, 0.15) is 23.1 Å². The second-order valence-corrected chi connectivity index (χ2v) is 6.32. The van der Waals surface area contributed by atoms with E-state index in [1.807, 2.05) is 62.4 Å². The van der Waals surface area contributed by atoms with Crippen LogP contribution in [0.3, 0.4) is 0 Å². The number of nitrogens with zero attached hydrogens (tertiary/aromatic N) is 1. The van der Waals surface area contributed by atoms with Gasteiger partial charge in [-0.05, 0) is 43.0 Å². The van der Waals surface area contributed by atoms with Crippen molar-refractivity contribution in [2.24, 2.45) is 5.92 Å². The molecule has 1 fully saturated rings. The number of anilines is 1. The van der Waals surface area contributed by atoms with E-state index in [0.29, 0.717) is 19.5 Å². The molecule has 0 saturated carbocycles. The van der Waals surface area contributed by atoms with E-state index in [9.17, 15) is 9.59 Å². The molecular weight excluding hydrogens is 300 g/mol. The average Bonchev–Trinajstić information content (AvgIpc) is 2.97. The van der Waals surface area contributed by atoms with Gasteiger partial charge in [-0.3, -0.25) is 9.59 Å². The molecule has 2 amide bonds. The number of benzene rings is 2. The van der Waals surface area contributed by atoms with Gasteiger partial charge in [-0.15, -0.1) is 0 Å². The minimum atomic E-state index is -0.589. The first-order valence-corrected chi connectivity index (χ1v) is 8.26. The number of hydrogen-bond donors (Lipinski definition) is 1. The zero-order valence-corrected chi connectivity index (χ0v) is 14.1. The molecule has 0 spiro atoms. The predicted molar refractivity (Wildman–Crippen MR) is 94.7 cm³/mol. The van der Waals surface area contributed by atoms with E-state index in [1.165, 1.54) is 0 Å². The molecule has 24 heavy (non-hydrogen) atoms. The summed E-state index contributed by atoms with van der Waals surface area (Å²) in [7, 11) is 0. The van der Waals surface area contributed by atoms with Crippen molar-refractivity contribution >= 4 is 17.5 Å². The van der Waals surface area contributed by atoms with Crippen LogP contribution in [0.15, 0.2) is 48.5 Å². The summed E-state index contributed by atoms with van der Waals surface area (Å²) >= 11 is 0. The third-order valence-corrected chi connectivity index (χ3v) is 4.49. The van der Waals surface area contributed by atoms with E-state index < -0.39 is 5.92 Å². The van der Waals surface area contributed by atoms with Crippen molar-refractivity contribution in [3.63, 3.8) is 0 Å². The molecule has 0 bridgehead atoms. The maximum Gasteiger partial charge on any atom is 0.239 e. The molecule has 0 radical (unpaired) electrons. The van der Waals surface area contributed by atoms with E-state index in [2.05, 4.69) is 5.32 Å². The lowest BCUT2D eigenvalue weighted by atomic mass is 10.1. The number of hydrogen-bond acceptors (Lipinski definition) is 2. The summed E-state index contributed by atoms with van der Waals surface area (Å²) in [6.07, 6.45) is 0.562. The van der Waals surface area contributed by atoms with Gasteiger partial charge in [0.2, 0.25) is 11.8 Å². The summed E-state index contributed by atoms with van der Waals surface area (Å²) in [5, 5.41) is 2.88. The molecule has 124 valence electrons. The average molecular weight is 322 g/mol. The van der Waals surface area contributed by atoms with Crippen LogP contribution in [0.4, 0.5) is 5.69 Å². The van der Waals surface area contributed by atoms with Gasteiger partial charge in [0.05, 0.1) is 0 Å². The Balaban J connectivity index is 1.67. The van der Waals surface area contributed by atoms with Crippen LogP contribution >= 0.6 is 0 Å². The number of rotatable bonds is 4. The molecule has 3 rings (SSSR count). The SMILES string of the molecule is Cc1ccc(C)c(N2CCC(C(=O)NCc3ccccc3)C2=O)c1. The van der Waals surface area contributed by atoms with Gasteiger partial charge >= 0.3 is 0 Å². The van der Waals surface area contributed by atoms with Crippen molar-refractivity contribution in [1.82, 2.24) is 5.32 Å². The van der Waals surface area contributed by atoms with E-state index >= 15 is 0 Å². The lowest BCUT2D eigenvalue weighted by molar-refractivity contribution is -0.132. The van der Waals surface area contributed by atoms with Gasteiger partial charge < -0.3 is 10.2 Å². The van der Waals surface area contributed by atoms with E-state index in [4.69, 9.17) is 0 Å². The number of carbonyl (C=O) groups excluding carboxylic acids is 2. The number of aryl methyl sites for hydroxylation is 2. The standard InChI is InChI=1S/C20H22N2O2/c1-14-8-9-15(2)18(12-14)22-11-10-17(20(22)24)19(23)21-13-16-6-4-3-5-7-16/h3-9,12,17H,10-11,13H2,1-2H3,(H,21,23). The number of amides is 2. The summed E-state index contributed by atoms with van der Waals surface area (Å²) in [6, 6.07) is 15.8. The summed E-state index contributed by atoms with van der Waals surface area (Å²) in [5.41, 5.74) is 4.11. The van der Waals surface area contributed by atoms with Crippen molar-refractivity contribution in [3.05, 3.63) is 65.2 Å². The maximum atomic E-state index is 12.7. The Labute approximate surface area is 142 Å². The maximum absolute atomic E-state index is 12.7. The fourth-order valence-electron chi connectivity index (χ4n) is 3.08. The second-order valence-electron chi connectivity index (χ2n) is 6.32. The van der Waals surface area contributed by atoms with Crippen molar-refractivity contribution in [1.29, 1.82) is 0 Å². The molecule has 1 N–H and O–H groups in total. The molecule has 2 aromatic carbocycles.